The van der Waals surface area contributed by atoms with Crippen LogP contribution in [0.25, 0.3) is 5.69 Å². The molecule has 256 valence electrons. The van der Waals surface area contributed by atoms with Crippen LogP contribution in [0.15, 0.2) is 90.2 Å². The Labute approximate surface area is 290 Å². The van der Waals surface area contributed by atoms with E-state index in [1.807, 2.05) is 60.1 Å². The zero-order valence-corrected chi connectivity index (χ0v) is 28.7. The van der Waals surface area contributed by atoms with Crippen LogP contribution in [0.5, 0.6) is 5.75 Å². The van der Waals surface area contributed by atoms with Crippen LogP contribution >= 0.6 is 11.6 Å². The van der Waals surface area contributed by atoms with Gasteiger partial charge in [0.2, 0.25) is 5.79 Å². The lowest BCUT2D eigenvalue weighted by Gasteiger charge is -2.37. The molecule has 2 aliphatic heterocycles. The summed E-state index contributed by atoms with van der Waals surface area (Å²) in [6.07, 6.45) is 3.42. The largest absolute Gasteiger partial charge is 0.491 e. The molecule has 7 rings (SSSR count). The molecule has 0 saturated carbocycles. The third kappa shape index (κ3) is 7.22. The lowest BCUT2D eigenvalue weighted by molar-refractivity contribution is -0.179. The van der Waals surface area contributed by atoms with Crippen molar-refractivity contribution in [3.05, 3.63) is 112 Å². The van der Waals surface area contributed by atoms with Gasteiger partial charge in [-0.05, 0) is 66.6 Å². The van der Waals surface area contributed by atoms with Gasteiger partial charge in [0.25, 0.3) is 0 Å². The SMILES string of the molecule is CC(C)Cn1cnn(-c2ccc(N3CCN(c4ccc(OCC5COC(Cc6nncn6C)(c6ccc(Cl)cc6)O5)cc4)CC3)cc2)c1=O. The van der Waals surface area contributed by atoms with Crippen LogP contribution in [0, 0.1) is 5.92 Å². The Morgan fingerprint density at radius 2 is 1.53 bits per heavy atom. The van der Waals surface area contributed by atoms with Crippen molar-refractivity contribution in [1.29, 1.82) is 0 Å². The molecule has 0 spiro atoms. The van der Waals surface area contributed by atoms with E-state index in [1.165, 1.54) is 4.68 Å². The van der Waals surface area contributed by atoms with E-state index < -0.39 is 5.79 Å². The van der Waals surface area contributed by atoms with Crippen molar-refractivity contribution >= 4 is 23.0 Å². The minimum atomic E-state index is -1.01. The quantitative estimate of drug-likeness (QED) is 0.196. The maximum absolute atomic E-state index is 12.7. The average molecular weight is 685 g/mol. The van der Waals surface area contributed by atoms with Crippen molar-refractivity contribution in [3.8, 4) is 11.4 Å². The number of aryl methyl sites for hydroxylation is 1. The highest BCUT2D eigenvalue weighted by molar-refractivity contribution is 6.30. The van der Waals surface area contributed by atoms with E-state index in [0.717, 1.165) is 60.4 Å². The summed E-state index contributed by atoms with van der Waals surface area (Å²) in [6, 6.07) is 23.8. The number of ether oxygens (including phenoxy) is 3. The molecule has 0 N–H and O–H groups in total. The topological polar surface area (TPSA) is 105 Å². The number of piperazine rings is 1. The molecule has 2 fully saturated rings. The van der Waals surface area contributed by atoms with Gasteiger partial charge in [0.05, 0.1) is 18.7 Å². The van der Waals surface area contributed by atoms with Crippen molar-refractivity contribution in [2.24, 2.45) is 13.0 Å². The standard InChI is InChI=1S/C36H41ClN8O4/c1-26(2)21-44-25-39-45(35(44)46)31-10-8-29(9-11-31)42-16-18-43(19-17-42)30-12-14-32(15-13-30)47-22-33-23-48-36(49-33,20-34-40-38-24-41(34)3)27-4-6-28(37)7-5-27/h4-15,24-26,33H,16-23H2,1-3H3. The average Bonchev–Trinajstić information content (AvgIpc) is 3.83. The van der Waals surface area contributed by atoms with Gasteiger partial charge in [0.15, 0.2) is 0 Å². The Morgan fingerprint density at radius 1 is 0.898 bits per heavy atom. The highest BCUT2D eigenvalue weighted by Gasteiger charge is 2.44. The zero-order chi connectivity index (χ0) is 34.0. The number of hydrogen-bond donors (Lipinski definition) is 0. The predicted octanol–water partition coefficient (Wildman–Crippen LogP) is 4.69. The van der Waals surface area contributed by atoms with Gasteiger partial charge >= 0.3 is 5.69 Å². The van der Waals surface area contributed by atoms with Crippen LogP contribution in [-0.2, 0) is 35.3 Å². The summed E-state index contributed by atoms with van der Waals surface area (Å²) in [7, 11) is 1.90. The van der Waals surface area contributed by atoms with Gasteiger partial charge in [-0.2, -0.15) is 9.78 Å². The van der Waals surface area contributed by atoms with E-state index >= 15 is 0 Å². The first kappa shape index (κ1) is 32.9. The molecule has 2 aromatic heterocycles. The maximum atomic E-state index is 12.7. The first-order chi connectivity index (χ1) is 23.8. The molecule has 2 unspecified atom stereocenters. The van der Waals surface area contributed by atoms with Crippen LogP contribution < -0.4 is 20.2 Å². The highest BCUT2D eigenvalue weighted by atomic mass is 35.5. The van der Waals surface area contributed by atoms with E-state index in [2.05, 4.69) is 63.2 Å². The maximum Gasteiger partial charge on any atom is 0.350 e. The van der Waals surface area contributed by atoms with Gasteiger partial charge in [-0.15, -0.1) is 10.2 Å². The number of halogens is 1. The second kappa shape index (κ2) is 14.1. The summed E-state index contributed by atoms with van der Waals surface area (Å²) in [5, 5.41) is 13.2. The minimum Gasteiger partial charge on any atom is -0.491 e. The van der Waals surface area contributed by atoms with Gasteiger partial charge in [0.1, 0.15) is 36.9 Å². The van der Waals surface area contributed by atoms with Gasteiger partial charge in [-0.25, -0.2) is 4.79 Å². The van der Waals surface area contributed by atoms with Gasteiger partial charge in [-0.3, -0.25) is 4.57 Å². The number of anilines is 2. The summed E-state index contributed by atoms with van der Waals surface area (Å²) >= 11 is 6.16. The minimum absolute atomic E-state index is 0.113. The van der Waals surface area contributed by atoms with Crippen LogP contribution in [0.4, 0.5) is 11.4 Å². The molecule has 2 aliphatic rings. The molecule has 12 nitrogen and oxygen atoms in total. The Morgan fingerprint density at radius 3 is 2.14 bits per heavy atom. The van der Waals surface area contributed by atoms with Gasteiger partial charge < -0.3 is 28.6 Å². The van der Waals surface area contributed by atoms with E-state index in [4.69, 9.17) is 25.8 Å². The second-order valence-corrected chi connectivity index (χ2v) is 13.4. The van der Waals surface area contributed by atoms with Crippen molar-refractivity contribution in [3.63, 3.8) is 0 Å². The molecule has 49 heavy (non-hydrogen) atoms. The van der Waals surface area contributed by atoms with Crippen LogP contribution in [0.1, 0.15) is 25.2 Å². The summed E-state index contributed by atoms with van der Waals surface area (Å²) in [6.45, 7) is 9.13. The van der Waals surface area contributed by atoms with Gasteiger partial charge in [0, 0.05) is 61.7 Å². The number of hydrogen-bond acceptors (Lipinski definition) is 9. The van der Waals surface area contributed by atoms with Crippen LogP contribution in [-0.4, -0.2) is 74.6 Å². The smallest absolute Gasteiger partial charge is 0.350 e. The Balaban J connectivity index is 0.919. The number of nitrogens with zero attached hydrogens (tertiary/aromatic N) is 8. The molecule has 0 amide bonds. The molecular formula is C36H41ClN8O4. The van der Waals surface area contributed by atoms with E-state index in [0.29, 0.717) is 37.1 Å². The number of aromatic nitrogens is 6. The molecule has 13 heteroatoms. The summed E-state index contributed by atoms with van der Waals surface area (Å²) in [4.78, 5) is 17.5. The van der Waals surface area contributed by atoms with E-state index in [1.54, 1.807) is 17.2 Å². The normalized spacial score (nSPS) is 19.6. The Hall–Kier alpha value is -4.65. The van der Waals surface area contributed by atoms with Crippen molar-refractivity contribution < 1.29 is 14.2 Å². The molecule has 0 aliphatic carbocycles. The fourth-order valence-corrected chi connectivity index (χ4v) is 6.50. The molecule has 2 saturated heterocycles. The molecule has 5 aromatic rings. The van der Waals surface area contributed by atoms with E-state index in [9.17, 15) is 4.79 Å². The number of benzene rings is 3. The summed E-state index contributed by atoms with van der Waals surface area (Å²) in [5.41, 5.74) is 3.82. The van der Waals surface area contributed by atoms with Crippen LogP contribution in [0.2, 0.25) is 5.02 Å². The molecule has 0 radical (unpaired) electrons. The van der Waals surface area contributed by atoms with Crippen molar-refractivity contribution in [1.82, 2.24) is 29.1 Å². The molecule has 0 bridgehead atoms. The Kier molecular flexibility index (Phi) is 9.44. The summed E-state index contributed by atoms with van der Waals surface area (Å²) < 4.78 is 24.0. The van der Waals surface area contributed by atoms with E-state index in [-0.39, 0.29) is 11.8 Å². The Bertz CT molecular complexity index is 1900. The monoisotopic (exact) mass is 684 g/mol. The highest BCUT2D eigenvalue weighted by Crippen LogP contribution is 2.38. The fraction of sp³-hybridized carbons (Fsp3) is 0.389. The molecule has 2 atom stereocenters. The van der Waals surface area contributed by atoms with Crippen molar-refractivity contribution in [2.45, 2.75) is 38.7 Å². The van der Waals surface area contributed by atoms with Crippen molar-refractivity contribution in [2.75, 3.05) is 49.2 Å². The number of rotatable bonds is 11. The van der Waals surface area contributed by atoms with Crippen LogP contribution in [0.3, 0.4) is 0 Å². The first-order valence-corrected chi connectivity index (χ1v) is 17.0. The third-order valence-corrected chi connectivity index (χ3v) is 9.26. The fourth-order valence-electron chi connectivity index (χ4n) is 6.37. The second-order valence-electron chi connectivity index (χ2n) is 13.0. The van der Waals surface area contributed by atoms with Gasteiger partial charge in [-0.1, -0.05) is 37.6 Å². The predicted molar refractivity (Wildman–Crippen MR) is 188 cm³/mol. The summed E-state index contributed by atoms with van der Waals surface area (Å²) in [5.74, 6) is 0.895. The molecule has 3 aromatic carbocycles. The third-order valence-electron chi connectivity index (χ3n) is 9.01. The lowest BCUT2D eigenvalue weighted by Crippen LogP contribution is -2.46. The lowest BCUT2D eigenvalue weighted by atomic mass is 10.0. The zero-order valence-electron chi connectivity index (χ0n) is 28.0. The molecule has 4 heterocycles. The first-order valence-electron chi connectivity index (χ1n) is 16.6. The molecular weight excluding hydrogens is 644 g/mol.